The van der Waals surface area contributed by atoms with Crippen LogP contribution in [0.5, 0.6) is 0 Å². The Kier molecular flexibility index (Phi) is 6.08. The van der Waals surface area contributed by atoms with Crippen LogP contribution in [0.25, 0.3) is 0 Å². The summed E-state index contributed by atoms with van der Waals surface area (Å²) in [6, 6.07) is 15.6. The average Bonchev–Trinajstić information content (AvgIpc) is 2.68. The van der Waals surface area contributed by atoms with Crippen LogP contribution in [0.15, 0.2) is 76.6 Å². The summed E-state index contributed by atoms with van der Waals surface area (Å²) in [6.45, 7) is 5.31. The van der Waals surface area contributed by atoms with Crippen LogP contribution < -0.4 is 9.86 Å². The Balaban J connectivity index is 2.25. The highest BCUT2D eigenvalue weighted by atomic mass is 35.5. The number of rotatable bonds is 5. The molecular formula is C22H23ClN2O4S. The van der Waals surface area contributed by atoms with Gasteiger partial charge in [-0.2, -0.15) is 0 Å². The number of hydrogen-bond acceptors (Lipinski definition) is 4. The molecule has 1 aromatic heterocycles. The fourth-order valence-corrected chi connectivity index (χ4v) is 5.33. The predicted molar refractivity (Wildman–Crippen MR) is 118 cm³/mol. The summed E-state index contributed by atoms with van der Waals surface area (Å²) in [5.74, 6) is 0. The minimum atomic E-state index is -3.96. The molecule has 3 rings (SSSR count). The van der Waals surface area contributed by atoms with E-state index < -0.39 is 21.7 Å². The van der Waals surface area contributed by atoms with Gasteiger partial charge in [-0.05, 0) is 62.7 Å². The van der Waals surface area contributed by atoms with E-state index in [-0.39, 0.29) is 21.7 Å². The molecule has 0 aliphatic heterocycles. The van der Waals surface area contributed by atoms with Gasteiger partial charge in [0, 0.05) is 28.4 Å². The molecule has 1 unspecified atom stereocenters. The van der Waals surface area contributed by atoms with Gasteiger partial charge in [0.25, 0.3) is 10.0 Å². The summed E-state index contributed by atoms with van der Waals surface area (Å²) in [6.07, 6.45) is 0.171. The number of sulfonamides is 1. The molecule has 2 aromatic carbocycles. The van der Waals surface area contributed by atoms with Crippen LogP contribution in [-0.2, 0) is 10.0 Å². The van der Waals surface area contributed by atoms with Crippen molar-refractivity contribution in [1.29, 1.82) is 0 Å². The molecule has 0 radical (unpaired) electrons. The van der Waals surface area contributed by atoms with E-state index in [1.54, 1.807) is 57.2 Å². The van der Waals surface area contributed by atoms with Gasteiger partial charge in [0.2, 0.25) is 5.56 Å². The van der Waals surface area contributed by atoms with Gasteiger partial charge in [0.15, 0.2) is 0 Å². The first-order valence-corrected chi connectivity index (χ1v) is 11.1. The van der Waals surface area contributed by atoms with Crippen molar-refractivity contribution in [2.24, 2.45) is 0 Å². The molecule has 0 aliphatic rings. The molecule has 6 nitrogen and oxygen atoms in total. The maximum Gasteiger partial charge on any atom is 0.264 e. The normalized spacial score (nSPS) is 13.1. The SMILES string of the molecule is CC(C)(C)N(c1ccc(Cl)cc1C(O)c1cc[nH]c(=O)c1)S(=O)(=O)c1ccccc1. The molecule has 1 atom stereocenters. The third-order valence-electron chi connectivity index (χ3n) is 4.51. The lowest BCUT2D eigenvalue weighted by atomic mass is 9.99. The van der Waals surface area contributed by atoms with Gasteiger partial charge in [-0.1, -0.05) is 29.8 Å². The Labute approximate surface area is 180 Å². The van der Waals surface area contributed by atoms with Crippen LogP contribution in [0.2, 0.25) is 5.02 Å². The summed E-state index contributed by atoms with van der Waals surface area (Å²) in [7, 11) is -3.96. The second-order valence-electron chi connectivity index (χ2n) is 7.85. The number of pyridine rings is 1. The molecule has 0 saturated heterocycles. The van der Waals surface area contributed by atoms with Crippen LogP contribution in [0.3, 0.4) is 0 Å². The second kappa shape index (κ2) is 8.26. The Morgan fingerprint density at radius 2 is 1.70 bits per heavy atom. The topological polar surface area (TPSA) is 90.5 Å². The van der Waals surface area contributed by atoms with Crippen LogP contribution in [0, 0.1) is 0 Å². The molecule has 8 heteroatoms. The van der Waals surface area contributed by atoms with Crippen molar-refractivity contribution in [3.8, 4) is 0 Å². The molecule has 0 bridgehead atoms. The number of H-pyrrole nitrogens is 1. The van der Waals surface area contributed by atoms with E-state index in [0.717, 1.165) is 0 Å². The van der Waals surface area contributed by atoms with E-state index >= 15 is 0 Å². The third-order valence-corrected chi connectivity index (χ3v) is 6.84. The van der Waals surface area contributed by atoms with Crippen LogP contribution in [-0.4, -0.2) is 24.0 Å². The first-order chi connectivity index (χ1) is 14.0. The Morgan fingerprint density at radius 1 is 1.03 bits per heavy atom. The van der Waals surface area contributed by atoms with Crippen molar-refractivity contribution in [2.75, 3.05) is 4.31 Å². The Morgan fingerprint density at radius 3 is 2.30 bits per heavy atom. The molecule has 0 saturated carbocycles. The maximum atomic E-state index is 13.6. The lowest BCUT2D eigenvalue weighted by Crippen LogP contribution is -2.46. The molecule has 0 aliphatic carbocycles. The van der Waals surface area contributed by atoms with Gasteiger partial charge in [-0.15, -0.1) is 0 Å². The number of halogens is 1. The van der Waals surface area contributed by atoms with E-state index in [2.05, 4.69) is 4.98 Å². The quantitative estimate of drug-likeness (QED) is 0.617. The first-order valence-electron chi connectivity index (χ1n) is 9.28. The number of aliphatic hydroxyl groups is 1. The number of aromatic nitrogens is 1. The van der Waals surface area contributed by atoms with E-state index in [4.69, 9.17) is 11.6 Å². The molecule has 0 spiro atoms. The fourth-order valence-electron chi connectivity index (χ4n) is 3.29. The summed E-state index contributed by atoms with van der Waals surface area (Å²) >= 11 is 6.18. The summed E-state index contributed by atoms with van der Waals surface area (Å²) < 4.78 is 28.4. The smallest absolute Gasteiger partial charge is 0.264 e. The molecule has 158 valence electrons. The van der Waals surface area contributed by atoms with Gasteiger partial charge in [0.1, 0.15) is 6.10 Å². The molecule has 2 N–H and O–H groups in total. The highest BCUT2D eigenvalue weighted by Gasteiger charge is 2.36. The predicted octanol–water partition coefficient (Wildman–Crippen LogP) is 4.10. The van der Waals surface area contributed by atoms with Gasteiger partial charge < -0.3 is 10.1 Å². The van der Waals surface area contributed by atoms with Gasteiger partial charge in [-0.3, -0.25) is 9.10 Å². The fraction of sp³-hybridized carbons (Fsp3) is 0.227. The summed E-state index contributed by atoms with van der Waals surface area (Å²) in [5, 5.41) is 11.4. The number of aromatic amines is 1. The number of anilines is 1. The zero-order valence-electron chi connectivity index (χ0n) is 16.8. The highest BCUT2D eigenvalue weighted by molar-refractivity contribution is 7.93. The average molecular weight is 447 g/mol. The van der Waals surface area contributed by atoms with Crippen molar-refractivity contribution in [3.05, 3.63) is 93.4 Å². The van der Waals surface area contributed by atoms with E-state index in [1.807, 2.05) is 0 Å². The van der Waals surface area contributed by atoms with E-state index in [9.17, 15) is 18.3 Å². The zero-order valence-corrected chi connectivity index (χ0v) is 18.4. The van der Waals surface area contributed by atoms with E-state index in [1.165, 1.54) is 34.8 Å². The Hall–Kier alpha value is -2.61. The monoisotopic (exact) mass is 446 g/mol. The van der Waals surface area contributed by atoms with E-state index in [0.29, 0.717) is 10.6 Å². The largest absolute Gasteiger partial charge is 0.384 e. The number of benzene rings is 2. The van der Waals surface area contributed by atoms with Crippen LogP contribution >= 0.6 is 11.6 Å². The van der Waals surface area contributed by atoms with Gasteiger partial charge in [0.05, 0.1) is 10.6 Å². The van der Waals surface area contributed by atoms with Crippen molar-refractivity contribution in [3.63, 3.8) is 0 Å². The molecule has 3 aromatic rings. The zero-order chi connectivity index (χ0) is 22.1. The van der Waals surface area contributed by atoms with Gasteiger partial charge in [-0.25, -0.2) is 8.42 Å². The van der Waals surface area contributed by atoms with Crippen LogP contribution in [0.4, 0.5) is 5.69 Å². The minimum Gasteiger partial charge on any atom is -0.384 e. The molecule has 0 fully saturated rings. The Bertz CT molecular complexity index is 1200. The summed E-state index contributed by atoms with van der Waals surface area (Å²) in [5.41, 5.74) is -0.343. The van der Waals surface area contributed by atoms with Crippen LogP contribution in [0.1, 0.15) is 38.0 Å². The lowest BCUT2D eigenvalue weighted by Gasteiger charge is -2.38. The van der Waals surface area contributed by atoms with Crippen molar-refractivity contribution in [1.82, 2.24) is 4.98 Å². The second-order valence-corrected chi connectivity index (χ2v) is 10.1. The summed E-state index contributed by atoms with van der Waals surface area (Å²) in [4.78, 5) is 14.3. The maximum absolute atomic E-state index is 13.6. The highest BCUT2D eigenvalue weighted by Crippen LogP contribution is 2.39. The van der Waals surface area contributed by atoms with Crippen molar-refractivity contribution >= 4 is 27.3 Å². The first kappa shape index (κ1) is 22.1. The number of nitrogens with zero attached hydrogens (tertiary/aromatic N) is 1. The molecule has 1 heterocycles. The standard InChI is InChI=1S/C22H23ClN2O4S/c1-22(2,3)25(30(28,29)17-7-5-4-6-8-17)19-10-9-16(23)14-18(19)21(27)15-11-12-24-20(26)13-15/h4-14,21,27H,1-3H3,(H,24,26). The lowest BCUT2D eigenvalue weighted by molar-refractivity contribution is 0.220. The number of aliphatic hydroxyl groups excluding tert-OH is 1. The third kappa shape index (κ3) is 4.43. The van der Waals surface area contributed by atoms with Crippen molar-refractivity contribution in [2.45, 2.75) is 37.3 Å². The number of nitrogens with one attached hydrogen (secondary N) is 1. The minimum absolute atomic E-state index is 0.131. The van der Waals surface area contributed by atoms with Crippen molar-refractivity contribution < 1.29 is 13.5 Å². The van der Waals surface area contributed by atoms with Gasteiger partial charge >= 0.3 is 0 Å². The number of hydrogen-bond donors (Lipinski definition) is 2. The molecule has 30 heavy (non-hydrogen) atoms. The molecular weight excluding hydrogens is 424 g/mol. The molecule has 0 amide bonds.